The molecule has 2 heterocycles. The largest absolute Gasteiger partial charge is 0.486 e. The highest BCUT2D eigenvalue weighted by atomic mass is 35.5. The Bertz CT molecular complexity index is 987. The van der Waals surface area contributed by atoms with Crippen molar-refractivity contribution in [2.24, 2.45) is 0 Å². The number of allylic oxidation sites excluding steroid dienone is 1. The Labute approximate surface area is 155 Å². The molecule has 26 heavy (non-hydrogen) atoms. The molecule has 5 heteroatoms. The minimum Gasteiger partial charge on any atom is -0.486 e. The van der Waals surface area contributed by atoms with Gasteiger partial charge in [0.2, 0.25) is 0 Å². The van der Waals surface area contributed by atoms with Gasteiger partial charge in [-0.25, -0.2) is 0 Å². The number of ketones is 1. The summed E-state index contributed by atoms with van der Waals surface area (Å²) in [5, 5.41) is 0.615. The van der Waals surface area contributed by atoms with E-state index in [0.29, 0.717) is 46.8 Å². The monoisotopic (exact) mass is 366 g/mol. The fourth-order valence-electron chi connectivity index (χ4n) is 2.70. The molecular weight excluding hydrogens is 352 g/mol. The topological polar surface area (TPSA) is 48.7 Å². The lowest BCUT2D eigenvalue weighted by molar-refractivity contribution is 0.104. The summed E-state index contributed by atoms with van der Waals surface area (Å²) in [7, 11) is 0. The third-order valence-electron chi connectivity index (χ3n) is 3.99. The minimum absolute atomic E-state index is 0.141. The van der Waals surface area contributed by atoms with Gasteiger partial charge in [-0.05, 0) is 54.6 Å². The molecule has 1 aliphatic rings. The Hall–Kier alpha value is -2.98. The molecule has 4 rings (SSSR count). The van der Waals surface area contributed by atoms with Crippen LogP contribution in [-0.2, 0) is 0 Å². The quantitative estimate of drug-likeness (QED) is 0.466. The van der Waals surface area contributed by atoms with Gasteiger partial charge in [0.05, 0.1) is 5.02 Å². The molecule has 0 N–H and O–H groups in total. The first kappa shape index (κ1) is 16.5. The van der Waals surface area contributed by atoms with E-state index in [1.54, 1.807) is 36.4 Å². The highest BCUT2D eigenvalue weighted by Crippen LogP contribution is 2.31. The lowest BCUT2D eigenvalue weighted by Gasteiger charge is -2.18. The standard InChI is InChI=1S/C21H15ClO4/c22-17-4-2-1-3-16(17)19-10-7-15(26-19)6-8-18(23)14-5-9-20-21(13-14)25-12-11-24-20/h1-10,13H,11-12H2. The summed E-state index contributed by atoms with van der Waals surface area (Å²) in [6, 6.07) is 16.2. The van der Waals surface area contributed by atoms with Crippen LogP contribution in [0.5, 0.6) is 11.5 Å². The van der Waals surface area contributed by atoms with E-state index < -0.39 is 0 Å². The second kappa shape index (κ2) is 7.10. The Morgan fingerprint density at radius 2 is 1.77 bits per heavy atom. The van der Waals surface area contributed by atoms with Gasteiger partial charge in [0.25, 0.3) is 0 Å². The number of hydrogen-bond acceptors (Lipinski definition) is 4. The van der Waals surface area contributed by atoms with Crippen LogP contribution in [0.25, 0.3) is 17.4 Å². The summed E-state index contributed by atoms with van der Waals surface area (Å²) in [4.78, 5) is 12.4. The van der Waals surface area contributed by atoms with Crippen molar-refractivity contribution in [2.45, 2.75) is 0 Å². The molecular formula is C21H15ClO4. The van der Waals surface area contributed by atoms with Crippen molar-refractivity contribution in [3.63, 3.8) is 0 Å². The summed E-state index contributed by atoms with van der Waals surface area (Å²) in [5.41, 5.74) is 1.34. The van der Waals surface area contributed by atoms with Crippen molar-refractivity contribution in [3.8, 4) is 22.8 Å². The fourth-order valence-corrected chi connectivity index (χ4v) is 2.93. The number of carbonyl (C=O) groups excluding carboxylic acids is 1. The summed E-state index contributed by atoms with van der Waals surface area (Å²) in [6.45, 7) is 1.00. The maximum atomic E-state index is 12.4. The van der Waals surface area contributed by atoms with E-state index in [2.05, 4.69) is 0 Å². The normalized spacial score (nSPS) is 13.1. The number of hydrogen-bond donors (Lipinski definition) is 0. The molecule has 0 unspecified atom stereocenters. The first-order valence-electron chi connectivity index (χ1n) is 8.17. The molecule has 0 radical (unpaired) electrons. The van der Waals surface area contributed by atoms with E-state index in [1.165, 1.54) is 6.08 Å². The number of furan rings is 1. The summed E-state index contributed by atoms with van der Waals surface area (Å²) in [5.74, 6) is 2.34. The molecule has 1 aliphatic heterocycles. The highest BCUT2D eigenvalue weighted by molar-refractivity contribution is 6.33. The molecule has 4 nitrogen and oxygen atoms in total. The van der Waals surface area contributed by atoms with Gasteiger partial charge in [0, 0.05) is 11.1 Å². The molecule has 0 saturated heterocycles. The predicted octanol–water partition coefficient (Wildman–Crippen LogP) is 5.27. The zero-order chi connectivity index (χ0) is 17.9. The average Bonchev–Trinajstić information content (AvgIpc) is 3.15. The van der Waals surface area contributed by atoms with Crippen molar-refractivity contribution in [1.82, 2.24) is 0 Å². The average molecular weight is 367 g/mol. The van der Waals surface area contributed by atoms with Crippen LogP contribution in [0, 0.1) is 0 Å². The van der Waals surface area contributed by atoms with Gasteiger partial charge in [0.15, 0.2) is 17.3 Å². The molecule has 0 bridgehead atoms. The zero-order valence-electron chi connectivity index (χ0n) is 13.8. The Balaban J connectivity index is 1.52. The van der Waals surface area contributed by atoms with Gasteiger partial charge >= 0.3 is 0 Å². The molecule has 1 aromatic heterocycles. The Morgan fingerprint density at radius 1 is 0.962 bits per heavy atom. The van der Waals surface area contributed by atoms with Crippen molar-refractivity contribution < 1.29 is 18.7 Å². The second-order valence-electron chi connectivity index (χ2n) is 5.74. The maximum absolute atomic E-state index is 12.4. The second-order valence-corrected chi connectivity index (χ2v) is 6.15. The third kappa shape index (κ3) is 3.37. The highest BCUT2D eigenvalue weighted by Gasteiger charge is 2.14. The lowest BCUT2D eigenvalue weighted by Crippen LogP contribution is -2.15. The van der Waals surface area contributed by atoms with Crippen LogP contribution in [0.4, 0.5) is 0 Å². The maximum Gasteiger partial charge on any atom is 0.186 e. The van der Waals surface area contributed by atoms with E-state index in [4.69, 9.17) is 25.5 Å². The number of rotatable bonds is 4. The molecule has 130 valence electrons. The van der Waals surface area contributed by atoms with E-state index >= 15 is 0 Å². The predicted molar refractivity (Wildman–Crippen MR) is 100.0 cm³/mol. The van der Waals surface area contributed by atoms with Gasteiger partial charge in [-0.15, -0.1) is 0 Å². The zero-order valence-corrected chi connectivity index (χ0v) is 14.5. The van der Waals surface area contributed by atoms with Gasteiger partial charge < -0.3 is 13.9 Å². The van der Waals surface area contributed by atoms with Crippen LogP contribution in [-0.4, -0.2) is 19.0 Å². The van der Waals surface area contributed by atoms with Crippen LogP contribution in [0.15, 0.2) is 65.1 Å². The van der Waals surface area contributed by atoms with Crippen LogP contribution in [0.3, 0.4) is 0 Å². The fraction of sp³-hybridized carbons (Fsp3) is 0.0952. The van der Waals surface area contributed by atoms with Crippen LogP contribution in [0.2, 0.25) is 5.02 Å². The van der Waals surface area contributed by atoms with E-state index in [0.717, 1.165) is 5.56 Å². The van der Waals surface area contributed by atoms with Crippen molar-refractivity contribution in [3.05, 3.63) is 77.0 Å². The van der Waals surface area contributed by atoms with E-state index in [1.807, 2.05) is 24.3 Å². The van der Waals surface area contributed by atoms with Crippen molar-refractivity contribution in [2.75, 3.05) is 13.2 Å². The molecule has 0 atom stereocenters. The van der Waals surface area contributed by atoms with Crippen LogP contribution < -0.4 is 9.47 Å². The molecule has 0 spiro atoms. The van der Waals surface area contributed by atoms with Gasteiger partial charge in [-0.3, -0.25) is 4.79 Å². The number of fused-ring (bicyclic) bond motifs is 1. The van der Waals surface area contributed by atoms with Gasteiger partial charge in [-0.1, -0.05) is 23.7 Å². The van der Waals surface area contributed by atoms with Gasteiger partial charge in [-0.2, -0.15) is 0 Å². The molecule has 0 aliphatic carbocycles. The summed E-state index contributed by atoms with van der Waals surface area (Å²) < 4.78 is 16.7. The Kier molecular flexibility index (Phi) is 4.50. The SMILES string of the molecule is O=C(C=Cc1ccc(-c2ccccc2Cl)o1)c1ccc2c(c1)OCCO2. The molecule has 0 amide bonds. The van der Waals surface area contributed by atoms with Crippen molar-refractivity contribution in [1.29, 1.82) is 0 Å². The minimum atomic E-state index is -0.141. The molecule has 3 aromatic rings. The summed E-state index contributed by atoms with van der Waals surface area (Å²) >= 11 is 6.18. The Morgan fingerprint density at radius 3 is 2.62 bits per heavy atom. The lowest BCUT2D eigenvalue weighted by atomic mass is 10.1. The van der Waals surface area contributed by atoms with Crippen LogP contribution in [0.1, 0.15) is 16.1 Å². The van der Waals surface area contributed by atoms with E-state index in [9.17, 15) is 4.79 Å². The molecule has 0 fully saturated rings. The molecule has 0 saturated carbocycles. The number of halogens is 1. The molecule has 2 aromatic carbocycles. The third-order valence-corrected chi connectivity index (χ3v) is 4.32. The number of carbonyl (C=O) groups is 1. The van der Waals surface area contributed by atoms with Crippen LogP contribution >= 0.6 is 11.6 Å². The van der Waals surface area contributed by atoms with Gasteiger partial charge in [0.1, 0.15) is 24.7 Å². The first-order valence-corrected chi connectivity index (χ1v) is 8.55. The van der Waals surface area contributed by atoms with E-state index in [-0.39, 0.29) is 5.78 Å². The number of benzene rings is 2. The summed E-state index contributed by atoms with van der Waals surface area (Å²) in [6.07, 6.45) is 3.11. The van der Waals surface area contributed by atoms with Crippen molar-refractivity contribution >= 4 is 23.5 Å². The first-order chi connectivity index (χ1) is 12.7. The number of ether oxygens (including phenoxy) is 2. The smallest absolute Gasteiger partial charge is 0.186 e.